The van der Waals surface area contributed by atoms with Crippen LogP contribution in [0.5, 0.6) is 0 Å². The van der Waals surface area contributed by atoms with Gasteiger partial charge in [0.15, 0.2) is 17.5 Å². The monoisotopic (exact) mass is 432 g/mol. The third kappa shape index (κ3) is 2.67. The van der Waals surface area contributed by atoms with Crippen LogP contribution in [0, 0.1) is 40.4 Å². The van der Waals surface area contributed by atoms with E-state index >= 15 is 0 Å². The first kappa shape index (κ1) is 22.7. The number of carbonyl (C=O) groups excluding carboxylic acids is 2. The first-order chi connectivity index (χ1) is 14.4. The quantitative estimate of drug-likeness (QED) is 0.466. The molecule has 6 heteroatoms. The first-order valence-electron chi connectivity index (χ1n) is 11.6. The lowest BCUT2D eigenvalue weighted by Gasteiger charge is -2.48. The molecule has 31 heavy (non-hydrogen) atoms. The normalized spacial score (nSPS) is 46.0. The molecule has 0 aromatic carbocycles. The van der Waals surface area contributed by atoms with Crippen LogP contribution in [0.4, 0.5) is 0 Å². The van der Waals surface area contributed by atoms with Gasteiger partial charge < -0.3 is 20.1 Å². The molecule has 0 aromatic heterocycles. The van der Waals surface area contributed by atoms with Crippen LogP contribution >= 0.6 is 0 Å². The Morgan fingerprint density at radius 3 is 2.58 bits per heavy atom. The van der Waals surface area contributed by atoms with Gasteiger partial charge in [-0.2, -0.15) is 0 Å². The van der Waals surface area contributed by atoms with Crippen LogP contribution in [0.25, 0.3) is 0 Å². The van der Waals surface area contributed by atoms with Gasteiger partial charge in [-0.15, -0.1) is 0 Å². The van der Waals surface area contributed by atoms with Crippen molar-refractivity contribution in [2.75, 3.05) is 6.61 Å². The Labute approximate surface area is 184 Å². The molecule has 4 aliphatic carbocycles. The lowest BCUT2D eigenvalue weighted by molar-refractivity contribution is -0.205. The van der Waals surface area contributed by atoms with Gasteiger partial charge in [-0.05, 0) is 54.1 Å². The topological polar surface area (TPSA) is 104 Å². The number of hydrogen-bond acceptors (Lipinski definition) is 6. The van der Waals surface area contributed by atoms with Gasteiger partial charge >= 0.3 is 5.97 Å². The number of ether oxygens (including phenoxy) is 1. The number of Topliss-reactive ketones (excluding diaryl/α,β-unsaturated/α-hetero) is 1. The molecular weight excluding hydrogens is 396 g/mol. The Balaban J connectivity index is 1.89. The number of rotatable bonds is 4. The average Bonchev–Trinajstić information content (AvgIpc) is 3.21. The molecule has 4 rings (SSSR count). The maximum Gasteiger partial charge on any atom is 0.309 e. The summed E-state index contributed by atoms with van der Waals surface area (Å²) < 4.78 is 5.79. The minimum absolute atomic E-state index is 0.0134. The van der Waals surface area contributed by atoms with Gasteiger partial charge in [0.2, 0.25) is 0 Å². The molecule has 0 radical (unpaired) electrons. The molecule has 2 saturated carbocycles. The molecule has 0 amide bonds. The van der Waals surface area contributed by atoms with E-state index in [0.29, 0.717) is 17.9 Å². The van der Waals surface area contributed by atoms with Crippen molar-refractivity contribution in [3.05, 3.63) is 23.3 Å². The summed E-state index contributed by atoms with van der Waals surface area (Å²) in [6.07, 6.45) is 2.11. The van der Waals surface area contributed by atoms with Crippen LogP contribution in [0.1, 0.15) is 54.4 Å². The van der Waals surface area contributed by atoms with Gasteiger partial charge in [-0.25, -0.2) is 0 Å². The fraction of sp³-hybridized carbons (Fsp3) is 0.760. The zero-order valence-corrected chi connectivity index (χ0v) is 19.4. The molecule has 6 nitrogen and oxygen atoms in total. The molecule has 2 bridgehead atoms. The highest BCUT2D eigenvalue weighted by Crippen LogP contribution is 2.71. The van der Waals surface area contributed by atoms with Crippen molar-refractivity contribution in [1.29, 1.82) is 0 Å². The standard InChI is InChI=1S/C25H36O6/c1-7-12(2)22(29)31-21-13(3)10-24-14(4)8-17-18(23(17,5)6)16(20(24)28)9-15(11-26)19(27)25(21,24)30/h9-10,12,14,16-19,21,26-27,30H,7-8,11H2,1-6H3/t12-,14-,16+,17-,18+,19-,21+,24+,25+/m1/s1. The minimum Gasteiger partial charge on any atom is -0.454 e. The molecule has 0 aliphatic heterocycles. The maximum atomic E-state index is 14.2. The summed E-state index contributed by atoms with van der Waals surface area (Å²) in [5, 5.41) is 33.7. The second-order valence-corrected chi connectivity index (χ2v) is 11.0. The van der Waals surface area contributed by atoms with Crippen LogP contribution in [-0.2, 0) is 14.3 Å². The van der Waals surface area contributed by atoms with Crippen molar-refractivity contribution < 1.29 is 29.6 Å². The van der Waals surface area contributed by atoms with Gasteiger partial charge in [0.1, 0.15) is 6.10 Å². The summed E-state index contributed by atoms with van der Waals surface area (Å²) in [6, 6.07) is 0. The van der Waals surface area contributed by atoms with E-state index in [1.54, 1.807) is 26.0 Å². The molecule has 1 spiro atoms. The Morgan fingerprint density at radius 2 is 2.00 bits per heavy atom. The van der Waals surface area contributed by atoms with Gasteiger partial charge in [0, 0.05) is 5.92 Å². The number of allylic oxidation sites excluding steroid dienone is 1. The molecule has 0 saturated heterocycles. The summed E-state index contributed by atoms with van der Waals surface area (Å²) in [6.45, 7) is 11.2. The van der Waals surface area contributed by atoms with Crippen molar-refractivity contribution in [3.8, 4) is 0 Å². The number of ketones is 1. The van der Waals surface area contributed by atoms with Crippen molar-refractivity contribution in [2.24, 2.45) is 40.4 Å². The smallest absolute Gasteiger partial charge is 0.309 e. The molecule has 9 atom stereocenters. The van der Waals surface area contributed by atoms with E-state index < -0.39 is 41.7 Å². The van der Waals surface area contributed by atoms with Crippen LogP contribution in [-0.4, -0.2) is 51.5 Å². The Kier molecular flexibility index (Phi) is 5.12. The van der Waals surface area contributed by atoms with Crippen LogP contribution in [0.3, 0.4) is 0 Å². The highest BCUT2D eigenvalue weighted by atomic mass is 16.6. The van der Waals surface area contributed by atoms with Gasteiger partial charge in [0.05, 0.1) is 17.9 Å². The summed E-state index contributed by atoms with van der Waals surface area (Å²) in [7, 11) is 0. The zero-order valence-electron chi connectivity index (χ0n) is 19.4. The Bertz CT molecular complexity index is 871. The van der Waals surface area contributed by atoms with E-state index in [9.17, 15) is 24.9 Å². The number of carbonyl (C=O) groups is 2. The summed E-state index contributed by atoms with van der Waals surface area (Å²) >= 11 is 0. The van der Waals surface area contributed by atoms with E-state index in [0.717, 1.165) is 6.42 Å². The predicted molar refractivity (Wildman–Crippen MR) is 115 cm³/mol. The fourth-order valence-electron chi connectivity index (χ4n) is 6.99. The van der Waals surface area contributed by atoms with E-state index in [2.05, 4.69) is 13.8 Å². The second kappa shape index (κ2) is 7.00. The number of hydrogen-bond donors (Lipinski definition) is 3. The highest BCUT2D eigenvalue weighted by molar-refractivity contribution is 5.95. The second-order valence-electron chi connectivity index (χ2n) is 11.0. The van der Waals surface area contributed by atoms with Gasteiger partial charge in [0.25, 0.3) is 0 Å². The summed E-state index contributed by atoms with van der Waals surface area (Å²) in [5.41, 5.74) is -2.64. The molecule has 2 fully saturated rings. The lowest BCUT2D eigenvalue weighted by atomic mass is 9.59. The third-order valence-corrected chi connectivity index (χ3v) is 9.15. The third-order valence-electron chi connectivity index (χ3n) is 9.15. The number of esters is 1. The van der Waals surface area contributed by atoms with Crippen molar-refractivity contribution in [3.63, 3.8) is 0 Å². The maximum absolute atomic E-state index is 14.2. The lowest BCUT2D eigenvalue weighted by Crippen LogP contribution is -2.66. The Hall–Kier alpha value is -1.50. The summed E-state index contributed by atoms with van der Waals surface area (Å²) in [4.78, 5) is 26.9. The van der Waals surface area contributed by atoms with Crippen molar-refractivity contribution in [2.45, 2.75) is 72.2 Å². The number of aliphatic hydroxyl groups excluding tert-OH is 2. The minimum atomic E-state index is -2.05. The first-order valence-corrected chi connectivity index (χ1v) is 11.6. The molecule has 4 aliphatic rings. The van der Waals surface area contributed by atoms with Crippen molar-refractivity contribution >= 4 is 11.8 Å². The zero-order chi connectivity index (χ0) is 23.1. The number of fused-ring (bicyclic) bond motifs is 3. The fourth-order valence-corrected chi connectivity index (χ4v) is 6.99. The largest absolute Gasteiger partial charge is 0.454 e. The van der Waals surface area contributed by atoms with Gasteiger partial charge in [-0.1, -0.05) is 46.8 Å². The molecule has 3 N–H and O–H groups in total. The van der Waals surface area contributed by atoms with E-state index in [1.807, 2.05) is 13.8 Å². The van der Waals surface area contributed by atoms with E-state index in [-0.39, 0.29) is 34.5 Å². The van der Waals surface area contributed by atoms with Crippen LogP contribution in [0.15, 0.2) is 23.3 Å². The molecular formula is C25H36O6. The highest BCUT2D eigenvalue weighted by Gasteiger charge is 2.76. The molecule has 0 heterocycles. The number of aliphatic hydroxyl groups is 3. The predicted octanol–water partition coefficient (Wildman–Crippen LogP) is 2.41. The van der Waals surface area contributed by atoms with Crippen LogP contribution in [0.2, 0.25) is 0 Å². The Morgan fingerprint density at radius 1 is 1.35 bits per heavy atom. The van der Waals surface area contributed by atoms with E-state index in [1.165, 1.54) is 0 Å². The van der Waals surface area contributed by atoms with Crippen molar-refractivity contribution in [1.82, 2.24) is 0 Å². The van der Waals surface area contributed by atoms with Gasteiger partial charge in [-0.3, -0.25) is 9.59 Å². The average molecular weight is 433 g/mol. The molecule has 0 aromatic rings. The molecule has 0 unspecified atom stereocenters. The summed E-state index contributed by atoms with van der Waals surface area (Å²) in [5.74, 6) is -1.30. The van der Waals surface area contributed by atoms with Crippen LogP contribution < -0.4 is 0 Å². The van der Waals surface area contributed by atoms with E-state index in [4.69, 9.17) is 4.74 Å². The molecule has 172 valence electrons. The SMILES string of the molecule is CC[C@@H](C)C(=O)O[C@H]1C(C)=C[C@]23C(=O)[C@@H](C=C(CO)[C@@H](O)[C@]12O)[C@H]1[C@@H](C[C@H]3C)C1(C)C.